The van der Waals surface area contributed by atoms with Crippen LogP contribution in [0.4, 0.5) is 0 Å². The number of carbonyl (C=O) groups is 1. The zero-order valence-electron chi connectivity index (χ0n) is 7.00. The summed E-state index contributed by atoms with van der Waals surface area (Å²) in [6.07, 6.45) is 3.41. The highest BCUT2D eigenvalue weighted by Crippen LogP contribution is 2.33. The number of hydrogen-bond acceptors (Lipinski definition) is 1. The van der Waals surface area contributed by atoms with Crippen LogP contribution in [-0.4, -0.2) is 11.1 Å². The van der Waals surface area contributed by atoms with E-state index in [-0.39, 0.29) is 0 Å². The molecule has 0 bridgehead atoms. The van der Waals surface area contributed by atoms with E-state index < -0.39 is 5.97 Å². The van der Waals surface area contributed by atoms with Crippen molar-refractivity contribution in [2.75, 3.05) is 0 Å². The SMILES string of the molecule is CC1=CCC(CC(=O)O)C1C. The minimum atomic E-state index is -0.676. The Morgan fingerprint density at radius 1 is 1.82 bits per heavy atom. The molecule has 1 rings (SSSR count). The van der Waals surface area contributed by atoms with E-state index >= 15 is 0 Å². The summed E-state index contributed by atoms with van der Waals surface area (Å²) >= 11 is 0. The smallest absolute Gasteiger partial charge is 0.303 e. The third-order valence-corrected chi connectivity index (χ3v) is 2.60. The molecule has 2 atom stereocenters. The maximum atomic E-state index is 10.4. The minimum absolute atomic E-state index is 0.314. The Labute approximate surface area is 66.9 Å². The first-order valence-electron chi connectivity index (χ1n) is 3.99. The summed E-state index contributed by atoms with van der Waals surface area (Å²) in [5.41, 5.74) is 1.34. The summed E-state index contributed by atoms with van der Waals surface area (Å²) in [5.74, 6) is 0.128. The Morgan fingerprint density at radius 2 is 2.45 bits per heavy atom. The summed E-state index contributed by atoms with van der Waals surface area (Å²) in [6, 6.07) is 0. The van der Waals surface area contributed by atoms with Gasteiger partial charge >= 0.3 is 5.97 Å². The van der Waals surface area contributed by atoms with Crippen LogP contribution >= 0.6 is 0 Å². The van der Waals surface area contributed by atoms with Gasteiger partial charge in [0.15, 0.2) is 0 Å². The summed E-state index contributed by atoms with van der Waals surface area (Å²) < 4.78 is 0. The lowest BCUT2D eigenvalue weighted by molar-refractivity contribution is -0.138. The molecule has 1 aliphatic carbocycles. The highest BCUT2D eigenvalue weighted by Gasteiger charge is 2.24. The molecule has 0 radical (unpaired) electrons. The Kier molecular flexibility index (Phi) is 2.32. The van der Waals surface area contributed by atoms with E-state index in [0.29, 0.717) is 18.3 Å². The molecule has 2 unspecified atom stereocenters. The molecule has 1 aliphatic rings. The Bertz CT molecular complexity index is 194. The van der Waals surface area contributed by atoms with Crippen LogP contribution in [0.15, 0.2) is 11.6 Å². The zero-order chi connectivity index (χ0) is 8.43. The van der Waals surface area contributed by atoms with Gasteiger partial charge in [0, 0.05) is 6.42 Å². The van der Waals surface area contributed by atoms with Crippen molar-refractivity contribution in [2.24, 2.45) is 11.8 Å². The third-order valence-electron chi connectivity index (χ3n) is 2.60. The molecule has 0 aromatic carbocycles. The van der Waals surface area contributed by atoms with E-state index in [1.165, 1.54) is 5.57 Å². The molecule has 0 saturated heterocycles. The lowest BCUT2D eigenvalue weighted by Gasteiger charge is -2.14. The van der Waals surface area contributed by atoms with Crippen LogP contribution in [0, 0.1) is 11.8 Å². The van der Waals surface area contributed by atoms with E-state index in [0.717, 1.165) is 6.42 Å². The number of carboxylic acid groups (broad SMARTS) is 1. The van der Waals surface area contributed by atoms with Gasteiger partial charge in [0.2, 0.25) is 0 Å². The molecule has 0 saturated carbocycles. The number of rotatable bonds is 2. The van der Waals surface area contributed by atoms with Crippen LogP contribution in [0.25, 0.3) is 0 Å². The van der Waals surface area contributed by atoms with E-state index in [4.69, 9.17) is 5.11 Å². The van der Waals surface area contributed by atoms with Crippen molar-refractivity contribution < 1.29 is 9.90 Å². The van der Waals surface area contributed by atoms with E-state index in [2.05, 4.69) is 19.9 Å². The van der Waals surface area contributed by atoms with Crippen LogP contribution < -0.4 is 0 Å². The lowest BCUT2D eigenvalue weighted by atomic mass is 9.91. The van der Waals surface area contributed by atoms with Gasteiger partial charge in [0.05, 0.1) is 0 Å². The second-order valence-corrected chi connectivity index (χ2v) is 3.33. The molecule has 11 heavy (non-hydrogen) atoms. The molecule has 2 heteroatoms. The van der Waals surface area contributed by atoms with Crippen molar-refractivity contribution in [3.8, 4) is 0 Å². The maximum absolute atomic E-state index is 10.4. The fourth-order valence-corrected chi connectivity index (χ4v) is 1.58. The zero-order valence-corrected chi connectivity index (χ0v) is 7.00. The normalized spacial score (nSPS) is 30.2. The third kappa shape index (κ3) is 1.82. The van der Waals surface area contributed by atoms with Crippen molar-refractivity contribution >= 4 is 5.97 Å². The quantitative estimate of drug-likeness (QED) is 0.618. The molecule has 0 heterocycles. The Balaban J connectivity index is 2.47. The fraction of sp³-hybridized carbons (Fsp3) is 0.667. The average molecular weight is 154 g/mol. The van der Waals surface area contributed by atoms with Crippen molar-refractivity contribution in [1.82, 2.24) is 0 Å². The van der Waals surface area contributed by atoms with Crippen molar-refractivity contribution in [2.45, 2.75) is 26.7 Å². The van der Waals surface area contributed by atoms with Gasteiger partial charge < -0.3 is 5.11 Å². The van der Waals surface area contributed by atoms with Gasteiger partial charge in [-0.3, -0.25) is 4.79 Å². The van der Waals surface area contributed by atoms with E-state index in [1.807, 2.05) is 0 Å². The molecular weight excluding hydrogens is 140 g/mol. The first-order valence-corrected chi connectivity index (χ1v) is 3.99. The molecule has 0 aromatic rings. The molecular formula is C9H14O2. The van der Waals surface area contributed by atoms with Crippen molar-refractivity contribution in [3.05, 3.63) is 11.6 Å². The predicted octanol–water partition coefficient (Wildman–Crippen LogP) is 2.06. The average Bonchev–Trinajstić information content (AvgIpc) is 2.18. The standard InChI is InChI=1S/C9H14O2/c1-6-3-4-8(7(6)2)5-9(10)11/h3,7-8H,4-5H2,1-2H3,(H,10,11). The van der Waals surface area contributed by atoms with Crippen LogP contribution in [-0.2, 0) is 4.79 Å². The maximum Gasteiger partial charge on any atom is 0.303 e. The summed E-state index contributed by atoms with van der Waals surface area (Å²) in [7, 11) is 0. The summed E-state index contributed by atoms with van der Waals surface area (Å²) in [5, 5.41) is 8.55. The molecule has 0 fully saturated rings. The Hall–Kier alpha value is -0.790. The molecule has 0 aliphatic heterocycles. The first kappa shape index (κ1) is 8.31. The minimum Gasteiger partial charge on any atom is -0.481 e. The molecule has 2 nitrogen and oxygen atoms in total. The monoisotopic (exact) mass is 154 g/mol. The van der Waals surface area contributed by atoms with Crippen LogP contribution in [0.1, 0.15) is 26.7 Å². The number of carboxylic acids is 1. The topological polar surface area (TPSA) is 37.3 Å². The second-order valence-electron chi connectivity index (χ2n) is 3.33. The summed E-state index contributed by atoms with van der Waals surface area (Å²) in [4.78, 5) is 10.4. The lowest BCUT2D eigenvalue weighted by Crippen LogP contribution is -2.11. The highest BCUT2D eigenvalue weighted by molar-refractivity contribution is 5.67. The predicted molar refractivity (Wildman–Crippen MR) is 43.3 cm³/mol. The van der Waals surface area contributed by atoms with Gasteiger partial charge in [-0.2, -0.15) is 0 Å². The number of aliphatic carboxylic acids is 1. The largest absolute Gasteiger partial charge is 0.481 e. The van der Waals surface area contributed by atoms with Crippen LogP contribution in [0.2, 0.25) is 0 Å². The van der Waals surface area contributed by atoms with Crippen LogP contribution in [0.3, 0.4) is 0 Å². The van der Waals surface area contributed by atoms with Gasteiger partial charge in [-0.25, -0.2) is 0 Å². The molecule has 0 aromatic heterocycles. The second kappa shape index (κ2) is 3.07. The van der Waals surface area contributed by atoms with Gasteiger partial charge in [-0.15, -0.1) is 0 Å². The molecule has 1 N–H and O–H groups in total. The van der Waals surface area contributed by atoms with E-state index in [9.17, 15) is 4.79 Å². The highest BCUT2D eigenvalue weighted by atomic mass is 16.4. The molecule has 62 valence electrons. The van der Waals surface area contributed by atoms with Crippen LogP contribution in [0.5, 0.6) is 0 Å². The number of allylic oxidation sites excluding steroid dienone is 2. The first-order chi connectivity index (χ1) is 5.11. The van der Waals surface area contributed by atoms with Gasteiger partial charge in [-0.1, -0.05) is 18.6 Å². The fourth-order valence-electron chi connectivity index (χ4n) is 1.58. The summed E-state index contributed by atoms with van der Waals surface area (Å²) in [6.45, 7) is 4.18. The van der Waals surface area contributed by atoms with Gasteiger partial charge in [0.1, 0.15) is 0 Å². The Morgan fingerprint density at radius 3 is 2.82 bits per heavy atom. The number of hydrogen-bond donors (Lipinski definition) is 1. The van der Waals surface area contributed by atoms with E-state index in [1.54, 1.807) is 0 Å². The van der Waals surface area contributed by atoms with Gasteiger partial charge in [-0.05, 0) is 25.2 Å². The molecule has 0 amide bonds. The van der Waals surface area contributed by atoms with Crippen molar-refractivity contribution in [1.29, 1.82) is 0 Å². The van der Waals surface area contributed by atoms with Gasteiger partial charge in [0.25, 0.3) is 0 Å². The molecule has 0 spiro atoms. The van der Waals surface area contributed by atoms with Crippen molar-refractivity contribution in [3.63, 3.8) is 0 Å².